The largest absolute Gasteiger partial charge is 0.203 e. The van der Waals surface area contributed by atoms with Crippen LogP contribution >= 0.6 is 11.5 Å². The molecule has 0 saturated heterocycles. The minimum atomic E-state index is 0.638. The number of nitrogens with one attached hydrogen (secondary N) is 1. The molecule has 1 heterocycles. The summed E-state index contributed by atoms with van der Waals surface area (Å²) in [7, 11) is 0. The highest BCUT2D eigenvalue weighted by atomic mass is 32.1. The maximum Gasteiger partial charge on any atom is 0.158 e. The minimum absolute atomic E-state index is 0.638. The third kappa shape index (κ3) is 1.62. The molecule has 0 aliphatic rings. The first-order chi connectivity index (χ1) is 6.40. The summed E-state index contributed by atoms with van der Waals surface area (Å²) in [5, 5.41) is 3.96. The Hall–Kier alpha value is -1.55. The Bertz CT molecular complexity index is 408. The first-order valence-electron chi connectivity index (χ1n) is 3.80. The lowest BCUT2D eigenvalue weighted by molar-refractivity contribution is 1.17. The lowest BCUT2D eigenvalue weighted by Gasteiger charge is -1.92. The maximum absolute atomic E-state index is 6.81. The zero-order chi connectivity index (χ0) is 9.10. The topological polar surface area (TPSA) is 49.1 Å². The van der Waals surface area contributed by atoms with Crippen molar-refractivity contribution in [1.29, 1.82) is 5.53 Å². The van der Waals surface area contributed by atoms with Gasteiger partial charge in [-0.15, -0.1) is 5.11 Å². The Balaban J connectivity index is 2.41. The van der Waals surface area contributed by atoms with Crippen molar-refractivity contribution in [3.05, 3.63) is 36.4 Å². The van der Waals surface area contributed by atoms with E-state index in [9.17, 15) is 0 Å². The standard InChI is InChI=1S/C9H7N3S/c10-11-9-6-8(12-13-9)7-4-2-1-3-5-7/h1-6,10H. The van der Waals surface area contributed by atoms with Crippen LogP contribution in [0.3, 0.4) is 0 Å². The summed E-state index contributed by atoms with van der Waals surface area (Å²) >= 11 is 1.24. The first kappa shape index (κ1) is 8.07. The Morgan fingerprint density at radius 3 is 2.62 bits per heavy atom. The summed E-state index contributed by atoms with van der Waals surface area (Å²) in [5.74, 6) is 0. The number of rotatable bonds is 2. The van der Waals surface area contributed by atoms with Crippen LogP contribution in [0.5, 0.6) is 0 Å². The molecule has 1 N–H and O–H groups in total. The second-order valence-electron chi connectivity index (χ2n) is 2.53. The van der Waals surface area contributed by atoms with E-state index in [-0.39, 0.29) is 0 Å². The maximum atomic E-state index is 6.81. The van der Waals surface area contributed by atoms with E-state index in [1.807, 2.05) is 36.4 Å². The van der Waals surface area contributed by atoms with Crippen LogP contribution in [-0.2, 0) is 0 Å². The van der Waals surface area contributed by atoms with Gasteiger partial charge in [-0.05, 0) is 11.5 Å². The summed E-state index contributed by atoms with van der Waals surface area (Å²) in [6.07, 6.45) is 0. The molecule has 0 unspecified atom stereocenters. The Morgan fingerprint density at radius 2 is 2.00 bits per heavy atom. The van der Waals surface area contributed by atoms with Gasteiger partial charge in [-0.1, -0.05) is 30.3 Å². The summed E-state index contributed by atoms with van der Waals surface area (Å²) in [6.45, 7) is 0. The quantitative estimate of drug-likeness (QED) is 0.722. The predicted octanol–water partition coefficient (Wildman–Crippen LogP) is 3.47. The molecule has 2 aromatic rings. The van der Waals surface area contributed by atoms with Crippen molar-refractivity contribution in [2.45, 2.75) is 0 Å². The molecule has 0 radical (unpaired) electrons. The van der Waals surface area contributed by atoms with Gasteiger partial charge >= 0.3 is 0 Å². The van der Waals surface area contributed by atoms with Crippen LogP contribution in [0.15, 0.2) is 41.5 Å². The van der Waals surface area contributed by atoms with Crippen LogP contribution in [0.4, 0.5) is 5.00 Å². The van der Waals surface area contributed by atoms with Gasteiger partial charge in [-0.3, -0.25) is 0 Å². The molecule has 2 rings (SSSR count). The molecule has 0 amide bonds. The van der Waals surface area contributed by atoms with Crippen molar-refractivity contribution in [3.8, 4) is 11.3 Å². The molecular weight excluding hydrogens is 182 g/mol. The van der Waals surface area contributed by atoms with E-state index < -0.39 is 0 Å². The van der Waals surface area contributed by atoms with Crippen molar-refractivity contribution >= 4 is 16.5 Å². The van der Waals surface area contributed by atoms with Gasteiger partial charge in [-0.25, -0.2) is 5.53 Å². The molecule has 0 atom stereocenters. The Kier molecular flexibility index (Phi) is 2.14. The SMILES string of the molecule is N=Nc1cc(-c2ccccc2)ns1. The highest BCUT2D eigenvalue weighted by Gasteiger charge is 2.01. The Morgan fingerprint density at radius 1 is 1.23 bits per heavy atom. The monoisotopic (exact) mass is 189 g/mol. The highest BCUT2D eigenvalue weighted by molar-refractivity contribution is 7.10. The fourth-order valence-electron chi connectivity index (χ4n) is 1.06. The van der Waals surface area contributed by atoms with Crippen LogP contribution in [0, 0.1) is 5.53 Å². The molecule has 64 valence electrons. The van der Waals surface area contributed by atoms with E-state index in [0.29, 0.717) is 5.00 Å². The van der Waals surface area contributed by atoms with E-state index in [1.54, 1.807) is 0 Å². The molecule has 1 aromatic heterocycles. The highest BCUT2D eigenvalue weighted by Crippen LogP contribution is 2.26. The third-order valence-corrected chi connectivity index (χ3v) is 2.36. The molecule has 0 aliphatic heterocycles. The molecule has 1 aromatic carbocycles. The van der Waals surface area contributed by atoms with Gasteiger partial charge in [0.05, 0.1) is 5.69 Å². The zero-order valence-electron chi connectivity index (χ0n) is 6.77. The predicted molar refractivity (Wildman–Crippen MR) is 52.4 cm³/mol. The van der Waals surface area contributed by atoms with E-state index in [4.69, 9.17) is 5.53 Å². The minimum Gasteiger partial charge on any atom is -0.203 e. The van der Waals surface area contributed by atoms with E-state index in [1.165, 1.54) is 11.5 Å². The lowest BCUT2D eigenvalue weighted by Crippen LogP contribution is -1.72. The van der Waals surface area contributed by atoms with Crippen molar-refractivity contribution in [2.75, 3.05) is 0 Å². The van der Waals surface area contributed by atoms with E-state index in [2.05, 4.69) is 9.49 Å². The van der Waals surface area contributed by atoms with Gasteiger partial charge in [0.15, 0.2) is 5.00 Å². The molecule has 0 bridgehead atoms. The fraction of sp³-hybridized carbons (Fsp3) is 0. The number of nitrogens with zero attached hydrogens (tertiary/aromatic N) is 2. The second-order valence-corrected chi connectivity index (χ2v) is 3.31. The molecular formula is C9H7N3S. The van der Waals surface area contributed by atoms with Crippen molar-refractivity contribution in [3.63, 3.8) is 0 Å². The van der Waals surface area contributed by atoms with Crippen LogP contribution in [0.2, 0.25) is 0 Å². The van der Waals surface area contributed by atoms with E-state index in [0.717, 1.165) is 11.3 Å². The van der Waals surface area contributed by atoms with Gasteiger partial charge < -0.3 is 0 Å². The van der Waals surface area contributed by atoms with Crippen LogP contribution in [-0.4, -0.2) is 4.37 Å². The summed E-state index contributed by atoms with van der Waals surface area (Å²) in [4.78, 5) is 0. The van der Waals surface area contributed by atoms with Crippen molar-refractivity contribution in [1.82, 2.24) is 4.37 Å². The Labute approximate surface area is 79.7 Å². The summed E-state index contributed by atoms with van der Waals surface area (Å²) in [6, 6.07) is 11.7. The first-order valence-corrected chi connectivity index (χ1v) is 4.57. The summed E-state index contributed by atoms with van der Waals surface area (Å²) < 4.78 is 4.19. The van der Waals surface area contributed by atoms with Crippen molar-refractivity contribution < 1.29 is 0 Å². The second kappa shape index (κ2) is 3.45. The summed E-state index contributed by atoms with van der Waals surface area (Å²) in [5.41, 5.74) is 8.76. The van der Waals surface area contributed by atoms with Crippen LogP contribution < -0.4 is 0 Å². The normalized spacial score (nSPS) is 9.85. The van der Waals surface area contributed by atoms with Gasteiger partial charge in [0.25, 0.3) is 0 Å². The molecule has 3 nitrogen and oxygen atoms in total. The van der Waals surface area contributed by atoms with Gasteiger partial charge in [-0.2, -0.15) is 4.37 Å². The third-order valence-electron chi connectivity index (χ3n) is 1.68. The smallest absolute Gasteiger partial charge is 0.158 e. The number of benzene rings is 1. The molecule has 0 spiro atoms. The average molecular weight is 189 g/mol. The molecule has 13 heavy (non-hydrogen) atoms. The molecule has 0 aliphatic carbocycles. The molecule has 0 saturated carbocycles. The fourth-order valence-corrected chi connectivity index (χ4v) is 1.62. The lowest BCUT2D eigenvalue weighted by atomic mass is 10.2. The van der Waals surface area contributed by atoms with Crippen molar-refractivity contribution in [2.24, 2.45) is 5.11 Å². The van der Waals surface area contributed by atoms with Crippen LogP contribution in [0.25, 0.3) is 11.3 Å². The number of hydrogen-bond donors (Lipinski definition) is 1. The van der Waals surface area contributed by atoms with Gasteiger partial charge in [0.1, 0.15) is 0 Å². The number of aromatic nitrogens is 1. The number of hydrogen-bond acceptors (Lipinski definition) is 4. The zero-order valence-corrected chi connectivity index (χ0v) is 7.58. The molecule has 0 fully saturated rings. The van der Waals surface area contributed by atoms with E-state index >= 15 is 0 Å². The molecule has 4 heteroatoms. The van der Waals surface area contributed by atoms with Gasteiger partial charge in [0.2, 0.25) is 0 Å². The van der Waals surface area contributed by atoms with Gasteiger partial charge in [0, 0.05) is 11.6 Å². The van der Waals surface area contributed by atoms with Crippen LogP contribution in [0.1, 0.15) is 0 Å². The average Bonchev–Trinajstić information content (AvgIpc) is 2.67.